The van der Waals surface area contributed by atoms with Gasteiger partial charge >= 0.3 is 6.03 Å². The third-order valence-corrected chi connectivity index (χ3v) is 5.11. The number of nitrogens with zero attached hydrogens (tertiary/aromatic N) is 3. The number of nitrogens with one attached hydrogen (secondary N) is 1. The van der Waals surface area contributed by atoms with Gasteiger partial charge in [0.15, 0.2) is 5.58 Å². The molecule has 4 rings (SSSR count). The molecule has 2 aromatic rings. The molecule has 1 unspecified atom stereocenters. The summed E-state index contributed by atoms with van der Waals surface area (Å²) in [5.41, 5.74) is 1.66. The first-order valence-corrected chi connectivity index (χ1v) is 8.93. The number of para-hydroxylation sites is 1. The van der Waals surface area contributed by atoms with Crippen LogP contribution in [0.25, 0.3) is 11.0 Å². The smallest absolute Gasteiger partial charge is 0.350 e. The van der Waals surface area contributed by atoms with E-state index in [1.54, 1.807) is 17.6 Å². The number of rotatable bonds is 5. The topological polar surface area (TPSA) is 105 Å². The zero-order valence-corrected chi connectivity index (χ0v) is 14.4. The van der Waals surface area contributed by atoms with Crippen LogP contribution in [0.15, 0.2) is 45.3 Å². The second kappa shape index (κ2) is 6.75. The van der Waals surface area contributed by atoms with Gasteiger partial charge in [-0.25, -0.2) is 4.79 Å². The molecule has 1 N–H and O–H groups in total. The van der Waals surface area contributed by atoms with Crippen LogP contribution in [-0.4, -0.2) is 52.0 Å². The number of fused-ring (bicyclic) bond motifs is 2. The normalized spacial score (nSPS) is 19.0. The molecule has 0 aliphatic carbocycles. The van der Waals surface area contributed by atoms with Crippen molar-refractivity contribution < 1.29 is 18.9 Å². The Hall–Kier alpha value is -2.94. The van der Waals surface area contributed by atoms with E-state index in [1.807, 2.05) is 18.2 Å². The van der Waals surface area contributed by atoms with Crippen LogP contribution in [0.3, 0.4) is 0 Å². The van der Waals surface area contributed by atoms with Gasteiger partial charge in [0.25, 0.3) is 0 Å². The molecule has 0 saturated carbocycles. The minimum Gasteiger partial charge on any atom is -0.356 e. The predicted molar refractivity (Wildman–Crippen MR) is 95.8 cm³/mol. The third kappa shape index (κ3) is 3.01. The van der Waals surface area contributed by atoms with Crippen LogP contribution < -0.4 is 5.32 Å². The van der Waals surface area contributed by atoms with Gasteiger partial charge in [0, 0.05) is 18.5 Å². The van der Waals surface area contributed by atoms with Gasteiger partial charge in [-0.1, -0.05) is 17.3 Å². The van der Waals surface area contributed by atoms with Crippen molar-refractivity contribution in [2.24, 2.45) is 4.99 Å². The molecule has 0 fully saturated rings. The number of allylic oxidation sites excluding steroid dienone is 1. The number of benzene rings is 1. The minimum absolute atomic E-state index is 0.0591. The molecular formula is C17H14N4O4S. The average molecular weight is 370 g/mol. The van der Waals surface area contributed by atoms with Crippen LogP contribution in [-0.2, 0) is 16.0 Å². The van der Waals surface area contributed by atoms with Gasteiger partial charge in [-0.3, -0.25) is 14.5 Å². The van der Waals surface area contributed by atoms with Gasteiger partial charge in [0.05, 0.1) is 12.1 Å². The summed E-state index contributed by atoms with van der Waals surface area (Å²) >= 11 is 1.32. The van der Waals surface area contributed by atoms with Crippen molar-refractivity contribution >= 4 is 46.3 Å². The van der Waals surface area contributed by atoms with Gasteiger partial charge < -0.3 is 9.84 Å². The lowest BCUT2D eigenvalue weighted by atomic mass is 10.1. The van der Waals surface area contributed by atoms with E-state index in [9.17, 15) is 14.4 Å². The van der Waals surface area contributed by atoms with Crippen molar-refractivity contribution in [2.45, 2.75) is 11.7 Å². The van der Waals surface area contributed by atoms with Gasteiger partial charge in [-0.15, -0.1) is 11.8 Å². The Morgan fingerprint density at radius 2 is 2.15 bits per heavy atom. The lowest BCUT2D eigenvalue weighted by Crippen LogP contribution is -2.49. The number of amides is 4. The zero-order chi connectivity index (χ0) is 18.1. The van der Waals surface area contributed by atoms with Crippen molar-refractivity contribution in [2.75, 3.05) is 13.1 Å². The number of hydrogen-bond acceptors (Lipinski definition) is 6. The Kier molecular flexibility index (Phi) is 4.29. The molecule has 0 saturated heterocycles. The van der Waals surface area contributed by atoms with Crippen LogP contribution in [0, 0.1) is 0 Å². The highest BCUT2D eigenvalue weighted by molar-refractivity contribution is 8.04. The molecule has 4 amide bonds. The van der Waals surface area contributed by atoms with Crippen LogP contribution in [0.5, 0.6) is 0 Å². The lowest BCUT2D eigenvalue weighted by Gasteiger charge is -2.25. The van der Waals surface area contributed by atoms with Gasteiger partial charge in [0.2, 0.25) is 11.8 Å². The molecule has 2 aliphatic rings. The van der Waals surface area contributed by atoms with Crippen molar-refractivity contribution in [3.05, 3.63) is 41.4 Å². The van der Waals surface area contributed by atoms with Crippen molar-refractivity contribution in [3.8, 4) is 0 Å². The Morgan fingerprint density at radius 1 is 1.31 bits per heavy atom. The van der Waals surface area contributed by atoms with E-state index in [0.717, 1.165) is 10.3 Å². The molecule has 0 bridgehead atoms. The lowest BCUT2D eigenvalue weighted by molar-refractivity contribution is -0.127. The maximum atomic E-state index is 12.3. The highest BCUT2D eigenvalue weighted by Crippen LogP contribution is 2.27. The Bertz CT molecular complexity index is 965. The van der Waals surface area contributed by atoms with Crippen LogP contribution in [0.4, 0.5) is 4.79 Å². The molecule has 8 nitrogen and oxygen atoms in total. The first-order chi connectivity index (χ1) is 12.6. The Labute approximate surface area is 152 Å². The first-order valence-electron chi connectivity index (χ1n) is 7.99. The van der Waals surface area contributed by atoms with E-state index >= 15 is 0 Å². The fraction of sp³-hybridized carbons (Fsp3) is 0.235. The van der Waals surface area contributed by atoms with E-state index in [0.29, 0.717) is 17.0 Å². The molecule has 3 heterocycles. The van der Waals surface area contributed by atoms with E-state index in [4.69, 9.17) is 4.52 Å². The molecule has 1 aromatic heterocycles. The minimum atomic E-state index is -0.592. The summed E-state index contributed by atoms with van der Waals surface area (Å²) in [6.45, 7) is 0.235. The fourth-order valence-corrected chi connectivity index (χ4v) is 3.71. The fourth-order valence-electron chi connectivity index (χ4n) is 2.83. The Balaban J connectivity index is 1.33. The predicted octanol–water partition coefficient (Wildman–Crippen LogP) is 1.52. The van der Waals surface area contributed by atoms with Gasteiger partial charge in [0.1, 0.15) is 10.9 Å². The molecule has 132 valence electrons. The maximum absolute atomic E-state index is 12.3. The number of aliphatic imine (C=N–C) groups is 1. The summed E-state index contributed by atoms with van der Waals surface area (Å²) < 4.78 is 5.17. The summed E-state index contributed by atoms with van der Waals surface area (Å²) in [7, 11) is 0. The monoisotopic (exact) mass is 370 g/mol. The molecule has 2 aliphatic heterocycles. The second-order valence-corrected chi connectivity index (χ2v) is 6.80. The number of imide groups is 1. The highest BCUT2D eigenvalue weighted by atomic mass is 32.2. The number of carbonyl (C=O) groups excluding carboxylic acids is 3. The summed E-state index contributed by atoms with van der Waals surface area (Å²) in [4.78, 5) is 41.4. The average Bonchev–Trinajstić information content (AvgIpc) is 3.25. The Morgan fingerprint density at radius 3 is 3.04 bits per heavy atom. The summed E-state index contributed by atoms with van der Waals surface area (Å²) in [5.74, 6) is -0.561. The molecule has 1 aromatic carbocycles. The maximum Gasteiger partial charge on any atom is 0.350 e. The standard InChI is InChI=1S/C17H14N4O4S/c22-14(9-12-10-3-1-2-4-13(10)25-20-12)18-6-7-21-16(23)15-11(5-8-26-15)19-17(21)24/h1-5,8,15H,6-7,9H2,(H,18,22). The van der Waals surface area contributed by atoms with Gasteiger partial charge in [-0.2, -0.15) is 4.99 Å². The van der Waals surface area contributed by atoms with Crippen LogP contribution in [0.2, 0.25) is 0 Å². The SMILES string of the molecule is O=C(Cc1noc2ccccc12)NCCN1C(=O)N=C2C=CSC2C1=O. The molecular weight excluding hydrogens is 356 g/mol. The number of thioether (sulfide) groups is 1. The number of carbonyl (C=O) groups is 3. The van der Waals surface area contributed by atoms with Crippen molar-refractivity contribution in [1.29, 1.82) is 0 Å². The number of hydrogen-bond donors (Lipinski definition) is 1. The summed E-state index contributed by atoms with van der Waals surface area (Å²) in [6, 6.07) is 6.70. The quantitative estimate of drug-likeness (QED) is 0.856. The molecule has 9 heteroatoms. The third-order valence-electron chi connectivity index (χ3n) is 4.11. The first kappa shape index (κ1) is 16.5. The van der Waals surface area contributed by atoms with E-state index < -0.39 is 11.3 Å². The van der Waals surface area contributed by atoms with Crippen LogP contribution in [0.1, 0.15) is 5.69 Å². The van der Waals surface area contributed by atoms with Gasteiger partial charge in [-0.05, 0) is 23.6 Å². The van der Waals surface area contributed by atoms with Crippen LogP contribution >= 0.6 is 11.8 Å². The zero-order valence-electron chi connectivity index (χ0n) is 13.5. The van der Waals surface area contributed by atoms with E-state index in [-0.39, 0.29) is 31.3 Å². The number of urea groups is 1. The second-order valence-electron chi connectivity index (χ2n) is 5.78. The molecule has 0 radical (unpaired) electrons. The largest absolute Gasteiger partial charge is 0.356 e. The molecule has 26 heavy (non-hydrogen) atoms. The van der Waals surface area contributed by atoms with Crippen molar-refractivity contribution in [3.63, 3.8) is 0 Å². The summed E-state index contributed by atoms with van der Waals surface area (Å²) in [5, 5.41) is 8.69. The molecule has 0 spiro atoms. The molecule has 1 atom stereocenters. The van der Waals surface area contributed by atoms with Crippen molar-refractivity contribution in [1.82, 2.24) is 15.4 Å². The van der Waals surface area contributed by atoms with E-state index in [1.165, 1.54) is 11.8 Å². The highest BCUT2D eigenvalue weighted by Gasteiger charge is 2.38. The van der Waals surface area contributed by atoms with E-state index in [2.05, 4.69) is 15.5 Å². The number of aromatic nitrogens is 1. The summed E-state index contributed by atoms with van der Waals surface area (Å²) in [6.07, 6.45) is 1.73.